The summed E-state index contributed by atoms with van der Waals surface area (Å²) in [4.78, 5) is 20.7. The highest BCUT2D eigenvalue weighted by Crippen LogP contribution is 2.26. The van der Waals surface area contributed by atoms with Crippen molar-refractivity contribution in [2.45, 2.75) is 31.4 Å². The molecule has 1 saturated heterocycles. The molecule has 6 nitrogen and oxygen atoms in total. The van der Waals surface area contributed by atoms with Crippen LogP contribution in [0.1, 0.15) is 29.2 Å². The number of rotatable bonds is 5. The van der Waals surface area contributed by atoms with Gasteiger partial charge in [-0.05, 0) is 36.1 Å². The minimum atomic E-state index is -0.677. The van der Waals surface area contributed by atoms with E-state index < -0.39 is 6.10 Å². The van der Waals surface area contributed by atoms with Crippen molar-refractivity contribution in [1.29, 1.82) is 0 Å². The minimum absolute atomic E-state index is 0.0295. The minimum Gasteiger partial charge on any atom is -0.447 e. The van der Waals surface area contributed by atoms with Gasteiger partial charge in [-0.2, -0.15) is 0 Å². The summed E-state index contributed by atoms with van der Waals surface area (Å²) in [7, 11) is 0. The van der Waals surface area contributed by atoms with Crippen molar-refractivity contribution in [1.82, 2.24) is 14.8 Å². The van der Waals surface area contributed by atoms with Gasteiger partial charge in [0.25, 0.3) is 0 Å². The van der Waals surface area contributed by atoms with E-state index in [1.54, 1.807) is 11.1 Å². The number of aliphatic hydroxyl groups excluding tert-OH is 1. The zero-order valence-electron chi connectivity index (χ0n) is 16.0. The van der Waals surface area contributed by atoms with Crippen LogP contribution in [-0.2, 0) is 17.7 Å². The Morgan fingerprint density at radius 2 is 2.00 bits per heavy atom. The summed E-state index contributed by atoms with van der Waals surface area (Å²) < 4.78 is 5.37. The topological polar surface area (TPSA) is 65.9 Å². The molecule has 1 amide bonds. The molecule has 148 valence electrons. The fraction of sp³-hybridized carbons (Fsp3) is 0.455. The molecule has 1 unspecified atom stereocenters. The molecule has 0 saturated carbocycles. The number of β-amino-alcohol motifs (C(OH)–C–C–N with tert-alkyl or cyclic N) is 1. The highest BCUT2D eigenvalue weighted by Gasteiger charge is 2.29. The largest absolute Gasteiger partial charge is 0.447 e. The summed E-state index contributed by atoms with van der Waals surface area (Å²) >= 11 is 0. The number of carbonyl (C=O) groups is 1. The predicted octanol–water partition coefficient (Wildman–Crippen LogP) is 2.43. The lowest BCUT2D eigenvalue weighted by molar-refractivity contribution is 0.0295. The van der Waals surface area contributed by atoms with E-state index in [1.165, 1.54) is 11.1 Å². The molecule has 0 radical (unpaired) electrons. The Kier molecular flexibility index (Phi) is 5.88. The third-order valence-corrected chi connectivity index (χ3v) is 5.63. The first-order chi connectivity index (χ1) is 13.7. The van der Waals surface area contributed by atoms with Gasteiger partial charge < -0.3 is 14.7 Å². The standard InChI is InChI=1S/C22H27N3O3/c26-20(15-24-11-8-17-5-1-2-6-18(17)13-24)16-28-22(27)25-12-9-19(14-25)21-7-3-4-10-23-21/h1-7,10,19-20,26H,8-9,11-16H2/t19?,20-/m1/s1. The first-order valence-electron chi connectivity index (χ1n) is 9.99. The summed E-state index contributed by atoms with van der Waals surface area (Å²) in [5.41, 5.74) is 3.72. The Morgan fingerprint density at radius 3 is 2.82 bits per heavy atom. The molecule has 3 heterocycles. The van der Waals surface area contributed by atoms with Crippen LogP contribution in [0.2, 0.25) is 0 Å². The van der Waals surface area contributed by atoms with E-state index in [-0.39, 0.29) is 18.6 Å². The predicted molar refractivity (Wildman–Crippen MR) is 106 cm³/mol. The second kappa shape index (κ2) is 8.71. The second-order valence-corrected chi connectivity index (χ2v) is 7.67. The fourth-order valence-electron chi connectivity index (χ4n) is 4.10. The van der Waals surface area contributed by atoms with Crippen LogP contribution < -0.4 is 0 Å². The summed E-state index contributed by atoms with van der Waals surface area (Å²) in [6.45, 7) is 3.58. The lowest BCUT2D eigenvalue weighted by Gasteiger charge is -2.30. The van der Waals surface area contributed by atoms with E-state index >= 15 is 0 Å². The van der Waals surface area contributed by atoms with Gasteiger partial charge in [-0.3, -0.25) is 9.88 Å². The summed E-state index contributed by atoms with van der Waals surface area (Å²) in [5.74, 6) is 0.257. The lowest BCUT2D eigenvalue weighted by Crippen LogP contribution is -2.39. The van der Waals surface area contributed by atoms with Crippen LogP contribution >= 0.6 is 0 Å². The SMILES string of the molecule is O=C(OC[C@H](O)CN1CCc2ccccc2C1)N1CCC(c2ccccn2)C1. The van der Waals surface area contributed by atoms with Gasteiger partial charge in [0.15, 0.2) is 0 Å². The monoisotopic (exact) mass is 381 g/mol. The number of fused-ring (bicyclic) bond motifs is 1. The van der Waals surface area contributed by atoms with E-state index in [4.69, 9.17) is 4.74 Å². The van der Waals surface area contributed by atoms with Gasteiger partial charge in [0, 0.05) is 50.5 Å². The quantitative estimate of drug-likeness (QED) is 0.862. The van der Waals surface area contributed by atoms with Gasteiger partial charge in [0.1, 0.15) is 12.7 Å². The highest BCUT2D eigenvalue weighted by atomic mass is 16.6. The van der Waals surface area contributed by atoms with Crippen LogP contribution in [0.5, 0.6) is 0 Å². The number of nitrogens with zero attached hydrogens (tertiary/aromatic N) is 3. The van der Waals surface area contributed by atoms with E-state index in [2.05, 4.69) is 34.1 Å². The van der Waals surface area contributed by atoms with E-state index in [0.717, 1.165) is 31.6 Å². The first kappa shape index (κ1) is 18.9. The molecule has 6 heteroatoms. The van der Waals surface area contributed by atoms with E-state index in [1.807, 2.05) is 18.2 Å². The Labute approximate surface area is 165 Å². The Balaban J connectivity index is 1.21. The number of pyridine rings is 1. The van der Waals surface area contributed by atoms with Crippen molar-refractivity contribution in [3.05, 3.63) is 65.5 Å². The van der Waals surface area contributed by atoms with Gasteiger partial charge in [0.05, 0.1) is 0 Å². The van der Waals surface area contributed by atoms with Gasteiger partial charge in [-0.15, -0.1) is 0 Å². The lowest BCUT2D eigenvalue weighted by atomic mass is 10.00. The van der Waals surface area contributed by atoms with Gasteiger partial charge in [-0.1, -0.05) is 30.3 Å². The number of carbonyl (C=O) groups excluding carboxylic acids is 1. The average molecular weight is 381 g/mol. The van der Waals surface area contributed by atoms with Crippen LogP contribution in [0.25, 0.3) is 0 Å². The molecule has 1 N–H and O–H groups in total. The number of aliphatic hydroxyl groups is 1. The average Bonchev–Trinajstić information content (AvgIpc) is 3.23. The van der Waals surface area contributed by atoms with Crippen LogP contribution in [0, 0.1) is 0 Å². The maximum atomic E-state index is 12.3. The van der Waals surface area contributed by atoms with Gasteiger partial charge >= 0.3 is 6.09 Å². The molecule has 0 spiro atoms. The summed E-state index contributed by atoms with van der Waals surface area (Å²) in [6.07, 6.45) is 2.64. The first-order valence-corrected chi connectivity index (χ1v) is 9.99. The number of hydrogen-bond acceptors (Lipinski definition) is 5. The van der Waals surface area contributed by atoms with Crippen molar-refractivity contribution >= 4 is 6.09 Å². The molecule has 2 aliphatic rings. The zero-order valence-corrected chi connectivity index (χ0v) is 16.0. The van der Waals surface area contributed by atoms with Crippen molar-refractivity contribution in [2.24, 2.45) is 0 Å². The number of hydrogen-bond donors (Lipinski definition) is 1. The molecular formula is C22H27N3O3. The third kappa shape index (κ3) is 4.51. The number of amides is 1. The molecule has 4 rings (SSSR count). The van der Waals surface area contributed by atoms with Gasteiger partial charge in [-0.25, -0.2) is 4.79 Å². The van der Waals surface area contributed by atoms with Crippen LogP contribution in [0.3, 0.4) is 0 Å². The molecule has 0 bridgehead atoms. The van der Waals surface area contributed by atoms with Crippen molar-refractivity contribution in [2.75, 3.05) is 32.8 Å². The highest BCUT2D eigenvalue weighted by molar-refractivity contribution is 5.68. The Bertz CT molecular complexity index is 799. The molecule has 0 aliphatic carbocycles. The van der Waals surface area contributed by atoms with Crippen LogP contribution in [-0.4, -0.2) is 64.9 Å². The molecule has 1 aromatic carbocycles. The summed E-state index contributed by atoms with van der Waals surface area (Å²) in [5, 5.41) is 10.3. The van der Waals surface area contributed by atoms with Crippen LogP contribution in [0.15, 0.2) is 48.7 Å². The van der Waals surface area contributed by atoms with Gasteiger partial charge in [0.2, 0.25) is 0 Å². The normalized spacial score (nSPS) is 20.6. The molecule has 28 heavy (non-hydrogen) atoms. The maximum Gasteiger partial charge on any atom is 0.409 e. The number of benzene rings is 1. The zero-order chi connectivity index (χ0) is 19.3. The maximum absolute atomic E-state index is 12.3. The third-order valence-electron chi connectivity index (χ3n) is 5.63. The molecular weight excluding hydrogens is 354 g/mol. The van der Waals surface area contributed by atoms with E-state index in [9.17, 15) is 9.90 Å². The second-order valence-electron chi connectivity index (χ2n) is 7.67. The number of likely N-dealkylation sites (tertiary alicyclic amines) is 1. The van der Waals surface area contributed by atoms with E-state index in [0.29, 0.717) is 19.6 Å². The molecule has 2 aromatic rings. The van der Waals surface area contributed by atoms with Crippen molar-refractivity contribution < 1.29 is 14.6 Å². The fourth-order valence-corrected chi connectivity index (χ4v) is 4.10. The molecule has 2 aliphatic heterocycles. The van der Waals surface area contributed by atoms with Crippen molar-refractivity contribution in [3.8, 4) is 0 Å². The Morgan fingerprint density at radius 1 is 1.18 bits per heavy atom. The Hall–Kier alpha value is -2.44. The molecule has 2 atom stereocenters. The molecule has 1 fully saturated rings. The number of aromatic nitrogens is 1. The smallest absolute Gasteiger partial charge is 0.409 e. The number of ether oxygens (including phenoxy) is 1. The molecule has 1 aromatic heterocycles. The van der Waals surface area contributed by atoms with Crippen molar-refractivity contribution in [3.63, 3.8) is 0 Å². The van der Waals surface area contributed by atoms with Crippen LogP contribution in [0.4, 0.5) is 4.79 Å². The summed E-state index contributed by atoms with van der Waals surface area (Å²) in [6, 6.07) is 14.3.